The van der Waals surface area contributed by atoms with E-state index in [9.17, 15) is 14.4 Å². The molecule has 1 aliphatic rings. The van der Waals surface area contributed by atoms with Gasteiger partial charge in [-0.3, -0.25) is 9.36 Å². The first kappa shape index (κ1) is 22.5. The zero-order valence-electron chi connectivity index (χ0n) is 18.5. The topological polar surface area (TPSA) is 83.8 Å². The number of ether oxygens (including phenoxy) is 3. The summed E-state index contributed by atoms with van der Waals surface area (Å²) in [6, 6.07) is 18.9. The lowest BCUT2D eigenvalue weighted by Gasteiger charge is -2.19. The Balaban J connectivity index is 1.49. The monoisotopic (exact) mass is 447 g/mol. The highest BCUT2D eigenvalue weighted by Crippen LogP contribution is 2.31. The maximum atomic E-state index is 12.7. The van der Waals surface area contributed by atoms with Gasteiger partial charge in [0.1, 0.15) is 25.0 Å². The molecule has 4 rings (SSSR count). The molecule has 0 N–H and O–H groups in total. The maximum absolute atomic E-state index is 12.7. The number of pyridine rings is 1. The van der Waals surface area contributed by atoms with Gasteiger partial charge < -0.3 is 14.2 Å². The van der Waals surface area contributed by atoms with Gasteiger partial charge in [0.25, 0.3) is 5.56 Å². The molecule has 0 amide bonds. The molecule has 3 unspecified atom stereocenters. The number of hydrogen-bond donors (Lipinski definition) is 0. The quantitative estimate of drug-likeness (QED) is 0.534. The number of rotatable bonds is 6. The first-order chi connectivity index (χ1) is 15.9. The van der Waals surface area contributed by atoms with E-state index in [4.69, 9.17) is 14.2 Å². The number of carbonyl (C=O) groups excluding carboxylic acids is 2. The van der Waals surface area contributed by atoms with Crippen LogP contribution in [0.2, 0.25) is 0 Å². The summed E-state index contributed by atoms with van der Waals surface area (Å²) in [4.78, 5) is 37.4. The van der Waals surface area contributed by atoms with Gasteiger partial charge in [-0.15, -0.1) is 0 Å². The lowest BCUT2D eigenvalue weighted by atomic mass is 10.1. The Morgan fingerprint density at radius 1 is 0.909 bits per heavy atom. The Morgan fingerprint density at radius 3 is 2.12 bits per heavy atom. The van der Waals surface area contributed by atoms with Crippen LogP contribution in [0.4, 0.5) is 0 Å². The molecule has 1 aliphatic heterocycles. The summed E-state index contributed by atoms with van der Waals surface area (Å²) >= 11 is 0. The third-order valence-electron chi connectivity index (χ3n) is 5.55. The maximum Gasteiger partial charge on any atom is 0.338 e. The number of esters is 2. The molecular formula is C26H25NO6. The molecule has 7 nitrogen and oxygen atoms in total. The van der Waals surface area contributed by atoms with Gasteiger partial charge in [0.2, 0.25) is 0 Å². The summed E-state index contributed by atoms with van der Waals surface area (Å²) in [7, 11) is 0. The van der Waals surface area contributed by atoms with E-state index < -0.39 is 30.4 Å². The van der Waals surface area contributed by atoms with Gasteiger partial charge in [-0.25, -0.2) is 9.59 Å². The van der Waals surface area contributed by atoms with Crippen LogP contribution in [0.1, 0.15) is 44.5 Å². The SMILES string of the molecule is Cc1ccc(C(=O)OCC2OC(n3ccccc3=O)CC2OC(=O)c2ccc(C)cc2)cc1. The number of carbonyl (C=O) groups is 2. The Hall–Kier alpha value is -3.71. The molecule has 0 aliphatic carbocycles. The van der Waals surface area contributed by atoms with Crippen molar-refractivity contribution in [1.82, 2.24) is 4.57 Å². The fraction of sp³-hybridized carbons (Fsp3) is 0.269. The fourth-order valence-electron chi connectivity index (χ4n) is 3.65. The average molecular weight is 447 g/mol. The van der Waals surface area contributed by atoms with Gasteiger partial charge in [-0.05, 0) is 44.2 Å². The van der Waals surface area contributed by atoms with Crippen LogP contribution in [-0.2, 0) is 14.2 Å². The van der Waals surface area contributed by atoms with Gasteiger partial charge in [0, 0.05) is 18.7 Å². The zero-order valence-corrected chi connectivity index (χ0v) is 18.5. The van der Waals surface area contributed by atoms with E-state index in [0.717, 1.165) is 11.1 Å². The second-order valence-corrected chi connectivity index (χ2v) is 8.09. The molecular weight excluding hydrogens is 422 g/mol. The van der Waals surface area contributed by atoms with E-state index >= 15 is 0 Å². The molecule has 1 aromatic heterocycles. The van der Waals surface area contributed by atoms with Gasteiger partial charge in [0.05, 0.1) is 11.1 Å². The van der Waals surface area contributed by atoms with Crippen molar-refractivity contribution in [3.63, 3.8) is 0 Å². The standard InChI is InChI=1S/C26H25NO6/c1-17-6-10-19(11-7-17)25(29)31-16-22-21(33-26(30)20-12-8-18(2)9-13-20)15-24(32-22)27-14-4-3-5-23(27)28/h3-14,21-22,24H,15-16H2,1-2H3. The van der Waals surface area contributed by atoms with Crippen LogP contribution in [0.25, 0.3) is 0 Å². The number of hydrogen-bond acceptors (Lipinski definition) is 6. The third-order valence-corrected chi connectivity index (χ3v) is 5.55. The fourth-order valence-corrected chi connectivity index (χ4v) is 3.65. The highest BCUT2D eigenvalue weighted by atomic mass is 16.6. The zero-order chi connectivity index (χ0) is 23.4. The molecule has 0 radical (unpaired) electrons. The van der Waals surface area contributed by atoms with Crippen molar-refractivity contribution in [2.75, 3.05) is 6.61 Å². The number of aryl methyl sites for hydroxylation is 2. The van der Waals surface area contributed by atoms with Crippen molar-refractivity contribution in [2.24, 2.45) is 0 Å². The molecule has 3 aromatic rings. The van der Waals surface area contributed by atoms with Crippen molar-refractivity contribution in [1.29, 1.82) is 0 Å². The molecule has 0 saturated carbocycles. The minimum absolute atomic E-state index is 0.114. The molecule has 0 bridgehead atoms. The van der Waals surface area contributed by atoms with E-state index in [1.165, 1.54) is 10.6 Å². The summed E-state index contributed by atoms with van der Waals surface area (Å²) in [6.45, 7) is 3.75. The third kappa shape index (κ3) is 5.38. The predicted molar refractivity (Wildman–Crippen MR) is 121 cm³/mol. The molecule has 2 aromatic carbocycles. The summed E-state index contributed by atoms with van der Waals surface area (Å²) in [5.41, 5.74) is 2.66. The number of nitrogens with zero attached hydrogens (tertiary/aromatic N) is 1. The van der Waals surface area contributed by atoms with Crippen LogP contribution in [0, 0.1) is 13.8 Å². The normalized spacial score (nSPS) is 19.8. The smallest absolute Gasteiger partial charge is 0.338 e. The second-order valence-electron chi connectivity index (χ2n) is 8.09. The summed E-state index contributed by atoms with van der Waals surface area (Å²) in [5, 5.41) is 0. The van der Waals surface area contributed by atoms with E-state index in [0.29, 0.717) is 11.1 Å². The predicted octanol–water partition coefficient (Wildman–Crippen LogP) is 3.84. The number of aromatic nitrogens is 1. The highest BCUT2D eigenvalue weighted by molar-refractivity contribution is 5.90. The Labute approximate surface area is 191 Å². The molecule has 1 fully saturated rings. The average Bonchev–Trinajstić information content (AvgIpc) is 3.21. The first-order valence-corrected chi connectivity index (χ1v) is 10.7. The van der Waals surface area contributed by atoms with Crippen LogP contribution in [0.3, 0.4) is 0 Å². The first-order valence-electron chi connectivity index (χ1n) is 10.7. The van der Waals surface area contributed by atoms with Crippen molar-refractivity contribution >= 4 is 11.9 Å². The molecule has 2 heterocycles. The Bertz CT molecular complexity index is 1180. The molecule has 1 saturated heterocycles. The Morgan fingerprint density at radius 2 is 1.52 bits per heavy atom. The van der Waals surface area contributed by atoms with Crippen molar-refractivity contribution in [3.05, 3.63) is 106 Å². The van der Waals surface area contributed by atoms with E-state index in [1.807, 2.05) is 38.1 Å². The lowest BCUT2D eigenvalue weighted by molar-refractivity contribution is -0.0579. The minimum atomic E-state index is -0.717. The van der Waals surface area contributed by atoms with Crippen molar-refractivity contribution in [2.45, 2.75) is 38.7 Å². The largest absolute Gasteiger partial charge is 0.459 e. The molecule has 7 heteroatoms. The van der Waals surface area contributed by atoms with E-state index in [2.05, 4.69) is 0 Å². The van der Waals surface area contributed by atoms with Crippen LogP contribution in [0.5, 0.6) is 0 Å². The van der Waals surface area contributed by atoms with Crippen LogP contribution >= 0.6 is 0 Å². The second kappa shape index (κ2) is 9.83. The molecule has 0 spiro atoms. The molecule has 33 heavy (non-hydrogen) atoms. The Kier molecular flexibility index (Phi) is 6.70. The van der Waals surface area contributed by atoms with Gasteiger partial charge in [-0.2, -0.15) is 0 Å². The number of benzene rings is 2. The van der Waals surface area contributed by atoms with E-state index in [-0.39, 0.29) is 18.6 Å². The van der Waals surface area contributed by atoms with Crippen LogP contribution in [0.15, 0.2) is 77.7 Å². The summed E-state index contributed by atoms with van der Waals surface area (Å²) < 4.78 is 18.6. The van der Waals surface area contributed by atoms with Crippen molar-refractivity contribution in [3.8, 4) is 0 Å². The summed E-state index contributed by atoms with van der Waals surface area (Å²) in [6.07, 6.45) is -0.175. The van der Waals surface area contributed by atoms with E-state index in [1.54, 1.807) is 42.6 Å². The van der Waals surface area contributed by atoms with Crippen molar-refractivity contribution < 1.29 is 23.8 Å². The highest BCUT2D eigenvalue weighted by Gasteiger charge is 2.40. The van der Waals surface area contributed by atoms with Gasteiger partial charge >= 0.3 is 11.9 Å². The van der Waals surface area contributed by atoms with Gasteiger partial charge in [0.15, 0.2) is 0 Å². The molecule has 170 valence electrons. The molecule has 3 atom stereocenters. The van der Waals surface area contributed by atoms with Crippen LogP contribution < -0.4 is 5.56 Å². The summed E-state index contributed by atoms with van der Waals surface area (Å²) in [5.74, 6) is -0.998. The lowest BCUT2D eigenvalue weighted by Crippen LogP contribution is -2.32. The minimum Gasteiger partial charge on any atom is -0.459 e. The van der Waals surface area contributed by atoms with Crippen LogP contribution in [-0.4, -0.2) is 35.3 Å². The van der Waals surface area contributed by atoms with Gasteiger partial charge in [-0.1, -0.05) is 41.5 Å².